The van der Waals surface area contributed by atoms with Gasteiger partial charge in [-0.1, -0.05) is 30.1 Å². The van der Waals surface area contributed by atoms with Crippen molar-refractivity contribution in [2.45, 2.75) is 6.92 Å². The molecule has 0 aliphatic carbocycles. The number of hydrogen-bond acceptors (Lipinski definition) is 9. The second kappa shape index (κ2) is 12.4. The zero-order valence-corrected chi connectivity index (χ0v) is 26.0. The van der Waals surface area contributed by atoms with Gasteiger partial charge in [0.2, 0.25) is 0 Å². The number of anilines is 4. The summed E-state index contributed by atoms with van der Waals surface area (Å²) in [7, 11) is 2.92. The number of rotatable bonds is 8. The molecule has 1 saturated heterocycles. The third kappa shape index (κ3) is 5.53. The van der Waals surface area contributed by atoms with Crippen LogP contribution in [0.5, 0.6) is 11.5 Å². The van der Waals surface area contributed by atoms with Gasteiger partial charge in [-0.2, -0.15) is 0 Å². The quantitative estimate of drug-likeness (QED) is 0.210. The molecule has 1 fully saturated rings. The summed E-state index contributed by atoms with van der Waals surface area (Å²) in [6, 6.07) is 8.30. The number of ether oxygens (including phenoxy) is 2. The van der Waals surface area contributed by atoms with Gasteiger partial charge in [-0.25, -0.2) is 9.97 Å². The summed E-state index contributed by atoms with van der Waals surface area (Å²) in [5, 5.41) is 8.18. The molecule has 1 aliphatic heterocycles. The van der Waals surface area contributed by atoms with Crippen LogP contribution in [0.2, 0.25) is 10.0 Å². The van der Waals surface area contributed by atoms with Crippen LogP contribution in [0.3, 0.4) is 0 Å². The average molecular weight is 666 g/mol. The van der Waals surface area contributed by atoms with Gasteiger partial charge in [-0.15, -0.1) is 11.3 Å². The maximum absolute atomic E-state index is 13.4. The number of piperazine rings is 1. The SMILES string of the molecule is CCN1CCN(c2ccc(Nc3ncnc4c(C(=O)Nc5c(Cl)c(OC)c(Br)c(OC)c5Cl)csc34)cc2)CC1. The zero-order chi connectivity index (χ0) is 28.4. The lowest BCUT2D eigenvalue weighted by Gasteiger charge is -2.35. The van der Waals surface area contributed by atoms with E-state index in [0.29, 0.717) is 21.4 Å². The first kappa shape index (κ1) is 28.7. The van der Waals surface area contributed by atoms with Gasteiger partial charge in [0.15, 0.2) is 17.3 Å². The molecule has 0 bridgehead atoms. The summed E-state index contributed by atoms with van der Waals surface area (Å²) in [4.78, 5) is 27.0. The van der Waals surface area contributed by atoms with Gasteiger partial charge in [-0.05, 0) is 46.7 Å². The Morgan fingerprint density at radius 3 is 2.30 bits per heavy atom. The van der Waals surface area contributed by atoms with Crippen LogP contribution in [0, 0.1) is 0 Å². The van der Waals surface area contributed by atoms with Crippen LogP contribution in [0.25, 0.3) is 10.2 Å². The van der Waals surface area contributed by atoms with Crippen molar-refractivity contribution in [1.29, 1.82) is 0 Å². The Bertz CT molecular complexity index is 1510. The smallest absolute Gasteiger partial charge is 0.258 e. The van der Waals surface area contributed by atoms with E-state index in [1.165, 1.54) is 37.6 Å². The first-order valence-electron chi connectivity index (χ1n) is 12.5. The van der Waals surface area contributed by atoms with Gasteiger partial charge in [0.25, 0.3) is 5.91 Å². The van der Waals surface area contributed by atoms with Gasteiger partial charge in [0, 0.05) is 42.9 Å². The number of aromatic nitrogens is 2. The number of nitrogens with zero attached hydrogens (tertiary/aromatic N) is 4. The van der Waals surface area contributed by atoms with E-state index >= 15 is 0 Å². The first-order chi connectivity index (χ1) is 19.4. The van der Waals surface area contributed by atoms with E-state index in [4.69, 9.17) is 32.7 Å². The molecule has 5 rings (SSSR count). The van der Waals surface area contributed by atoms with Crippen molar-refractivity contribution in [1.82, 2.24) is 14.9 Å². The van der Waals surface area contributed by atoms with Crippen LogP contribution < -0.4 is 25.0 Å². The maximum atomic E-state index is 13.4. The number of benzene rings is 2. The monoisotopic (exact) mass is 664 g/mol. The zero-order valence-electron chi connectivity index (χ0n) is 22.1. The Labute approximate surface area is 254 Å². The lowest BCUT2D eigenvalue weighted by Crippen LogP contribution is -2.46. The number of likely N-dealkylation sites (N-methyl/N-ethyl adjacent to an activating group) is 1. The molecule has 3 heterocycles. The lowest BCUT2D eigenvalue weighted by molar-refractivity contribution is 0.102. The molecule has 0 atom stereocenters. The topological polar surface area (TPSA) is 91.9 Å². The maximum Gasteiger partial charge on any atom is 0.258 e. The van der Waals surface area contributed by atoms with Gasteiger partial charge >= 0.3 is 0 Å². The molecule has 9 nitrogen and oxygen atoms in total. The van der Waals surface area contributed by atoms with Crippen LogP contribution in [-0.2, 0) is 0 Å². The molecule has 0 saturated carbocycles. The Morgan fingerprint density at radius 1 is 1.05 bits per heavy atom. The standard InChI is InChI=1S/C27H27BrCl2N6O3S/c1-4-35-9-11-36(12-10-35)16-7-5-15(6-8-16)33-26-25-21(31-14-32-26)17(13-40-25)27(37)34-22-19(29)23(38-2)18(28)24(39-3)20(22)30/h5-8,13-14H,4,9-12H2,1-3H3,(H,34,37)(H,31,32,33). The van der Waals surface area contributed by atoms with Crippen LogP contribution in [0.4, 0.5) is 22.9 Å². The fourth-order valence-corrected chi connectivity index (χ4v) is 7.15. The highest BCUT2D eigenvalue weighted by molar-refractivity contribution is 9.10. The number of hydrogen-bond donors (Lipinski definition) is 2. The van der Waals surface area contributed by atoms with Gasteiger partial charge in [-0.3, -0.25) is 4.79 Å². The molecular weight excluding hydrogens is 639 g/mol. The summed E-state index contributed by atoms with van der Waals surface area (Å²) < 4.78 is 12.0. The molecule has 4 aromatic rings. The number of fused-ring (bicyclic) bond motifs is 1. The third-order valence-electron chi connectivity index (χ3n) is 6.80. The minimum Gasteiger partial charge on any atom is -0.494 e. The highest BCUT2D eigenvalue weighted by atomic mass is 79.9. The number of nitrogens with one attached hydrogen (secondary N) is 2. The molecule has 1 aliphatic rings. The van der Waals surface area contributed by atoms with Gasteiger partial charge in [0.1, 0.15) is 20.8 Å². The fourth-order valence-electron chi connectivity index (χ4n) is 4.58. The number of amides is 1. The number of carbonyl (C=O) groups is 1. The van der Waals surface area contributed by atoms with E-state index in [0.717, 1.165) is 43.1 Å². The van der Waals surface area contributed by atoms with Crippen LogP contribution in [-0.4, -0.2) is 67.7 Å². The minimum atomic E-state index is -0.432. The molecular formula is C27H27BrCl2N6O3S. The normalized spacial score (nSPS) is 13.9. The second-order valence-corrected chi connectivity index (χ2v) is 11.4. The van der Waals surface area contributed by atoms with E-state index in [1.807, 2.05) is 12.1 Å². The van der Waals surface area contributed by atoms with Crippen LogP contribution >= 0.6 is 50.5 Å². The molecule has 2 aromatic carbocycles. The summed E-state index contributed by atoms with van der Waals surface area (Å²) in [6.45, 7) is 7.47. The van der Waals surface area contributed by atoms with E-state index in [2.05, 4.69) is 65.4 Å². The third-order valence-corrected chi connectivity index (χ3v) is 9.21. The van der Waals surface area contributed by atoms with Gasteiger partial charge < -0.3 is 29.9 Å². The van der Waals surface area contributed by atoms with Crippen molar-refractivity contribution in [2.75, 3.05) is 62.5 Å². The largest absolute Gasteiger partial charge is 0.494 e. The molecule has 2 N–H and O–H groups in total. The number of methoxy groups -OCH3 is 2. The van der Waals surface area contributed by atoms with Crippen molar-refractivity contribution in [3.05, 3.63) is 56.1 Å². The summed E-state index contributed by atoms with van der Waals surface area (Å²) >= 11 is 17.8. The molecule has 0 spiro atoms. The molecule has 13 heteroatoms. The molecule has 1 amide bonds. The fraction of sp³-hybridized carbons (Fsp3) is 0.296. The Hall–Kier alpha value is -2.83. The van der Waals surface area contributed by atoms with Crippen molar-refractivity contribution in [3.63, 3.8) is 0 Å². The van der Waals surface area contributed by atoms with Gasteiger partial charge in [0.05, 0.1) is 35.7 Å². The second-order valence-electron chi connectivity index (χ2n) is 8.98. The van der Waals surface area contributed by atoms with E-state index in [-0.39, 0.29) is 27.2 Å². The van der Waals surface area contributed by atoms with E-state index < -0.39 is 5.91 Å². The summed E-state index contributed by atoms with van der Waals surface area (Å²) in [5.41, 5.74) is 3.13. The van der Waals surface area contributed by atoms with E-state index in [1.54, 1.807) is 5.38 Å². The molecule has 0 unspecified atom stereocenters. The molecule has 2 aromatic heterocycles. The Kier molecular flexibility index (Phi) is 8.86. The van der Waals surface area contributed by atoms with Crippen molar-refractivity contribution >= 4 is 89.5 Å². The number of thiophene rings is 1. The Morgan fingerprint density at radius 2 is 1.70 bits per heavy atom. The number of carbonyl (C=O) groups excluding carboxylic acids is 1. The predicted octanol–water partition coefficient (Wildman–Crippen LogP) is 6.92. The average Bonchev–Trinajstić information content (AvgIpc) is 3.42. The summed E-state index contributed by atoms with van der Waals surface area (Å²) in [6.07, 6.45) is 1.43. The highest BCUT2D eigenvalue weighted by Gasteiger charge is 2.25. The van der Waals surface area contributed by atoms with Crippen molar-refractivity contribution in [2.24, 2.45) is 0 Å². The highest BCUT2D eigenvalue weighted by Crippen LogP contribution is 2.50. The lowest BCUT2D eigenvalue weighted by atomic mass is 10.2. The summed E-state index contributed by atoms with van der Waals surface area (Å²) in [5.74, 6) is 0.757. The van der Waals surface area contributed by atoms with Crippen molar-refractivity contribution in [3.8, 4) is 11.5 Å². The van der Waals surface area contributed by atoms with E-state index in [9.17, 15) is 4.79 Å². The predicted molar refractivity (Wildman–Crippen MR) is 167 cm³/mol. The first-order valence-corrected chi connectivity index (χ1v) is 14.9. The number of halogens is 3. The Balaban J connectivity index is 1.36. The minimum absolute atomic E-state index is 0.140. The molecule has 0 radical (unpaired) electrons. The van der Waals surface area contributed by atoms with Crippen LogP contribution in [0.1, 0.15) is 17.3 Å². The molecule has 210 valence electrons. The van der Waals surface area contributed by atoms with Crippen molar-refractivity contribution < 1.29 is 14.3 Å². The van der Waals surface area contributed by atoms with Crippen LogP contribution in [0.15, 0.2) is 40.4 Å². The molecule has 40 heavy (non-hydrogen) atoms.